The maximum absolute atomic E-state index is 12.7. The Morgan fingerprint density at radius 3 is 2.67 bits per heavy atom. The normalized spacial score (nSPS) is 19.9. The molecule has 1 unspecified atom stereocenters. The highest BCUT2D eigenvalue weighted by Crippen LogP contribution is 2.42. The highest BCUT2D eigenvalue weighted by molar-refractivity contribution is 6.07. The van der Waals surface area contributed by atoms with Gasteiger partial charge in [0.1, 0.15) is 6.10 Å². The van der Waals surface area contributed by atoms with Crippen LogP contribution in [0.3, 0.4) is 0 Å². The predicted molar refractivity (Wildman–Crippen MR) is 115 cm³/mol. The highest BCUT2D eigenvalue weighted by Gasteiger charge is 2.42. The fourth-order valence-corrected chi connectivity index (χ4v) is 4.18. The van der Waals surface area contributed by atoms with E-state index in [2.05, 4.69) is 11.0 Å². The minimum atomic E-state index is -0.554. The number of morpholine rings is 1. The maximum Gasteiger partial charge on any atom is 0.236 e. The summed E-state index contributed by atoms with van der Waals surface area (Å²) in [6.07, 6.45) is -0.188. The highest BCUT2D eigenvalue weighted by atomic mass is 16.5. The predicted octanol–water partition coefficient (Wildman–Crippen LogP) is 2.24. The zero-order chi connectivity index (χ0) is 21.5. The second-order valence-electron chi connectivity index (χ2n) is 8.57. The Hall–Kier alpha value is -2.29. The lowest BCUT2D eigenvalue weighted by atomic mass is 9.85. The smallest absolute Gasteiger partial charge is 0.236 e. The van der Waals surface area contributed by atoms with Crippen molar-refractivity contribution in [3.63, 3.8) is 0 Å². The van der Waals surface area contributed by atoms with Crippen molar-refractivity contribution in [1.82, 2.24) is 19.7 Å². The number of ether oxygens (including phenoxy) is 2. The second-order valence-corrected chi connectivity index (χ2v) is 8.57. The molecule has 4 rings (SSSR count). The number of nitrogens with zero attached hydrogens (tertiary/aromatic N) is 5. The molecule has 1 atom stereocenters. The van der Waals surface area contributed by atoms with Gasteiger partial charge in [0, 0.05) is 45.0 Å². The van der Waals surface area contributed by atoms with Crippen molar-refractivity contribution < 1.29 is 14.3 Å². The molecule has 2 aliphatic heterocycles. The molecule has 8 nitrogen and oxygen atoms in total. The third-order valence-electron chi connectivity index (χ3n) is 6.27. The first kappa shape index (κ1) is 21.0. The number of rotatable bonds is 6. The van der Waals surface area contributed by atoms with Crippen LogP contribution in [0.4, 0.5) is 5.69 Å². The number of likely N-dealkylation sites (N-methyl/N-ethyl adjacent to an activating group) is 1. The van der Waals surface area contributed by atoms with E-state index in [1.807, 2.05) is 44.6 Å². The number of hydrogen-bond acceptors (Lipinski definition) is 6. The number of carbonyl (C=O) groups excluding carboxylic acids is 1. The van der Waals surface area contributed by atoms with E-state index in [1.165, 1.54) is 0 Å². The number of aromatic nitrogens is 3. The average molecular weight is 414 g/mol. The van der Waals surface area contributed by atoms with Gasteiger partial charge < -0.3 is 14.4 Å². The molecule has 1 aromatic heterocycles. The number of methoxy groups -OCH3 is 1. The summed E-state index contributed by atoms with van der Waals surface area (Å²) in [4.78, 5) is 21.6. The van der Waals surface area contributed by atoms with Crippen molar-refractivity contribution in [2.75, 3.05) is 51.9 Å². The van der Waals surface area contributed by atoms with Gasteiger partial charge in [0.25, 0.3) is 0 Å². The van der Waals surface area contributed by atoms with Crippen molar-refractivity contribution in [3.05, 3.63) is 29.6 Å². The van der Waals surface area contributed by atoms with Crippen LogP contribution in [0.2, 0.25) is 0 Å². The van der Waals surface area contributed by atoms with Gasteiger partial charge in [0.05, 0.1) is 25.2 Å². The zero-order valence-electron chi connectivity index (χ0n) is 18.5. The molecule has 0 saturated carbocycles. The van der Waals surface area contributed by atoms with E-state index in [0.717, 1.165) is 62.0 Å². The van der Waals surface area contributed by atoms with Crippen LogP contribution in [0.15, 0.2) is 18.2 Å². The SMILES string of the molecule is COC(C)c1nc(-c2ccc3c(c2)C(C)(C)C(=O)N3C)n(CCN2CCOCC2)n1. The maximum atomic E-state index is 12.7. The minimum Gasteiger partial charge on any atom is -0.379 e. The molecule has 1 amide bonds. The van der Waals surface area contributed by atoms with Gasteiger partial charge in [0.15, 0.2) is 11.6 Å². The average Bonchev–Trinajstić information content (AvgIpc) is 3.26. The molecule has 1 fully saturated rings. The molecule has 1 saturated heterocycles. The summed E-state index contributed by atoms with van der Waals surface area (Å²) in [7, 11) is 3.50. The van der Waals surface area contributed by atoms with E-state index in [4.69, 9.17) is 19.6 Å². The van der Waals surface area contributed by atoms with Gasteiger partial charge >= 0.3 is 0 Å². The van der Waals surface area contributed by atoms with Crippen LogP contribution < -0.4 is 4.90 Å². The summed E-state index contributed by atoms with van der Waals surface area (Å²) in [5.41, 5.74) is 2.39. The minimum absolute atomic E-state index is 0.108. The molecule has 2 aliphatic rings. The summed E-state index contributed by atoms with van der Waals surface area (Å²) < 4.78 is 12.9. The first-order chi connectivity index (χ1) is 14.3. The van der Waals surface area contributed by atoms with Gasteiger partial charge in [-0.2, -0.15) is 5.10 Å². The molecule has 8 heteroatoms. The van der Waals surface area contributed by atoms with Gasteiger partial charge in [-0.1, -0.05) is 0 Å². The lowest BCUT2D eigenvalue weighted by Gasteiger charge is -2.26. The van der Waals surface area contributed by atoms with E-state index in [1.54, 1.807) is 12.0 Å². The second kappa shape index (κ2) is 8.09. The molecule has 162 valence electrons. The van der Waals surface area contributed by atoms with Crippen LogP contribution >= 0.6 is 0 Å². The van der Waals surface area contributed by atoms with Crippen LogP contribution in [0.5, 0.6) is 0 Å². The Morgan fingerprint density at radius 2 is 1.97 bits per heavy atom. The van der Waals surface area contributed by atoms with Crippen LogP contribution in [0.1, 0.15) is 38.3 Å². The number of carbonyl (C=O) groups is 1. The third-order valence-corrected chi connectivity index (χ3v) is 6.27. The van der Waals surface area contributed by atoms with Gasteiger partial charge in [-0.3, -0.25) is 9.69 Å². The molecule has 0 radical (unpaired) electrons. The molecule has 2 aromatic rings. The Bertz CT molecular complexity index is 933. The Morgan fingerprint density at radius 1 is 1.23 bits per heavy atom. The quantitative estimate of drug-likeness (QED) is 0.723. The Kier molecular flexibility index (Phi) is 5.65. The molecular weight excluding hydrogens is 382 g/mol. The van der Waals surface area contributed by atoms with Gasteiger partial charge in [-0.15, -0.1) is 0 Å². The molecule has 0 aliphatic carbocycles. The molecule has 30 heavy (non-hydrogen) atoms. The van der Waals surface area contributed by atoms with Crippen molar-refractivity contribution in [1.29, 1.82) is 0 Å². The van der Waals surface area contributed by atoms with E-state index in [-0.39, 0.29) is 12.0 Å². The monoisotopic (exact) mass is 413 g/mol. The number of amides is 1. The topological polar surface area (TPSA) is 72.7 Å². The van der Waals surface area contributed by atoms with E-state index >= 15 is 0 Å². The zero-order valence-corrected chi connectivity index (χ0v) is 18.5. The molecule has 0 bridgehead atoms. The van der Waals surface area contributed by atoms with Crippen molar-refractivity contribution in [3.8, 4) is 11.4 Å². The fourth-order valence-electron chi connectivity index (χ4n) is 4.18. The molecule has 0 N–H and O–H groups in total. The van der Waals surface area contributed by atoms with Crippen molar-refractivity contribution in [2.45, 2.75) is 38.8 Å². The van der Waals surface area contributed by atoms with E-state index in [0.29, 0.717) is 5.82 Å². The first-order valence-corrected chi connectivity index (χ1v) is 10.5. The van der Waals surface area contributed by atoms with Gasteiger partial charge in [-0.25, -0.2) is 9.67 Å². The summed E-state index contributed by atoms with van der Waals surface area (Å²) in [5.74, 6) is 1.59. The van der Waals surface area contributed by atoms with E-state index in [9.17, 15) is 4.79 Å². The van der Waals surface area contributed by atoms with Gasteiger partial charge in [-0.05, 0) is 44.5 Å². The van der Waals surface area contributed by atoms with Crippen LogP contribution in [-0.2, 0) is 26.2 Å². The third kappa shape index (κ3) is 3.64. The van der Waals surface area contributed by atoms with E-state index < -0.39 is 5.41 Å². The summed E-state index contributed by atoms with van der Waals surface area (Å²) in [5, 5.41) is 4.75. The standard InChI is InChI=1S/C22H31N5O3/c1-15(29-5)19-23-20(27(24-19)9-8-26-10-12-30-13-11-26)16-6-7-18-17(14-16)22(2,3)21(28)25(18)4/h6-7,14-15H,8-13H2,1-5H3. The summed E-state index contributed by atoms with van der Waals surface area (Å²) in [6, 6.07) is 6.13. The fraction of sp³-hybridized carbons (Fsp3) is 0.591. The molecule has 3 heterocycles. The van der Waals surface area contributed by atoms with Crippen LogP contribution in [-0.4, -0.2) is 72.6 Å². The largest absolute Gasteiger partial charge is 0.379 e. The summed E-state index contributed by atoms with van der Waals surface area (Å²) >= 11 is 0. The Labute approximate surface area is 177 Å². The lowest BCUT2D eigenvalue weighted by Crippen LogP contribution is -2.38. The van der Waals surface area contributed by atoms with Crippen molar-refractivity contribution in [2.24, 2.45) is 0 Å². The Balaban J connectivity index is 1.68. The molecule has 1 aromatic carbocycles. The first-order valence-electron chi connectivity index (χ1n) is 10.5. The number of hydrogen-bond donors (Lipinski definition) is 0. The van der Waals surface area contributed by atoms with Crippen LogP contribution in [0, 0.1) is 0 Å². The number of fused-ring (bicyclic) bond motifs is 1. The van der Waals surface area contributed by atoms with Gasteiger partial charge in [0.2, 0.25) is 5.91 Å². The molecule has 0 spiro atoms. The number of anilines is 1. The summed E-state index contributed by atoms with van der Waals surface area (Å²) in [6.45, 7) is 10.9. The molecular formula is C22H31N5O3. The lowest BCUT2D eigenvalue weighted by molar-refractivity contribution is -0.121. The van der Waals surface area contributed by atoms with Crippen LogP contribution in [0.25, 0.3) is 11.4 Å². The van der Waals surface area contributed by atoms with Crippen molar-refractivity contribution >= 4 is 11.6 Å². The number of benzene rings is 1.